The van der Waals surface area contributed by atoms with Crippen molar-refractivity contribution in [2.45, 2.75) is 13.8 Å². The highest BCUT2D eigenvalue weighted by Gasteiger charge is 2.19. The average molecular weight is 363 g/mol. The molecule has 6 nitrogen and oxygen atoms in total. The van der Waals surface area contributed by atoms with Gasteiger partial charge in [0.1, 0.15) is 5.82 Å². The molecule has 0 aliphatic carbocycles. The Bertz CT molecular complexity index is 928. The number of pyridine rings is 1. The molecule has 1 aromatic carbocycles. The molecule has 0 amide bonds. The molecule has 2 aromatic heterocycles. The number of benzene rings is 1. The molecule has 140 valence electrons. The molecule has 3 heterocycles. The summed E-state index contributed by atoms with van der Waals surface area (Å²) in [7, 11) is 2.14. The minimum absolute atomic E-state index is 0.703. The van der Waals surface area contributed by atoms with E-state index in [2.05, 4.69) is 64.2 Å². The first-order chi connectivity index (χ1) is 13.1. The van der Waals surface area contributed by atoms with Gasteiger partial charge in [-0.15, -0.1) is 0 Å². The highest BCUT2D eigenvalue weighted by Crippen LogP contribution is 2.29. The van der Waals surface area contributed by atoms with E-state index < -0.39 is 0 Å². The number of likely N-dealkylation sites (N-methyl/N-ethyl adjacent to an activating group) is 1. The number of nitrogens with one attached hydrogen (secondary N) is 1. The van der Waals surface area contributed by atoms with Crippen LogP contribution >= 0.6 is 0 Å². The molecule has 4 rings (SSSR count). The Morgan fingerprint density at radius 1 is 0.963 bits per heavy atom. The Labute approximate surface area is 159 Å². The molecule has 0 unspecified atom stereocenters. The van der Waals surface area contributed by atoms with Crippen LogP contribution in [0.25, 0.3) is 11.3 Å². The normalized spacial score (nSPS) is 15.1. The van der Waals surface area contributed by atoms with Gasteiger partial charge in [0.25, 0.3) is 6.01 Å². The summed E-state index contributed by atoms with van der Waals surface area (Å²) in [5.74, 6) is 1.62. The maximum atomic E-state index is 6.08. The van der Waals surface area contributed by atoms with Gasteiger partial charge in [-0.05, 0) is 62.4 Å². The van der Waals surface area contributed by atoms with Crippen molar-refractivity contribution in [2.75, 3.05) is 43.4 Å². The summed E-state index contributed by atoms with van der Waals surface area (Å²) in [5, 5.41) is 3.38. The van der Waals surface area contributed by atoms with E-state index in [1.54, 1.807) is 0 Å². The number of hydrogen-bond acceptors (Lipinski definition) is 6. The molecule has 0 bridgehead atoms. The Kier molecular flexibility index (Phi) is 4.81. The van der Waals surface area contributed by atoms with Crippen molar-refractivity contribution < 1.29 is 4.42 Å². The molecule has 0 radical (unpaired) electrons. The lowest BCUT2D eigenvalue weighted by molar-refractivity contribution is 0.305. The third-order valence-corrected chi connectivity index (χ3v) is 4.82. The van der Waals surface area contributed by atoms with Crippen LogP contribution in [0.15, 0.2) is 47.1 Å². The Morgan fingerprint density at radius 3 is 2.56 bits per heavy atom. The van der Waals surface area contributed by atoms with Gasteiger partial charge in [-0.2, -0.15) is 0 Å². The molecule has 1 fully saturated rings. The average Bonchev–Trinajstić information content (AvgIpc) is 3.12. The number of oxazole rings is 1. The fourth-order valence-corrected chi connectivity index (χ4v) is 3.29. The predicted molar refractivity (Wildman–Crippen MR) is 109 cm³/mol. The maximum absolute atomic E-state index is 6.08. The number of rotatable bonds is 4. The minimum atomic E-state index is 0.703. The van der Waals surface area contributed by atoms with Crippen LogP contribution in [0.2, 0.25) is 0 Å². The molecule has 0 saturated carbocycles. The lowest BCUT2D eigenvalue weighted by atomic mass is 10.1. The molecule has 1 aliphatic rings. The van der Waals surface area contributed by atoms with E-state index in [0.717, 1.165) is 54.6 Å². The van der Waals surface area contributed by atoms with Crippen LogP contribution in [0.3, 0.4) is 0 Å². The molecule has 1 N–H and O–H groups in total. The van der Waals surface area contributed by atoms with Gasteiger partial charge < -0.3 is 19.5 Å². The van der Waals surface area contributed by atoms with E-state index in [1.807, 2.05) is 24.5 Å². The number of aryl methyl sites for hydroxylation is 2. The van der Waals surface area contributed by atoms with E-state index in [9.17, 15) is 0 Å². The standard InChI is InChI=1S/C21H25N5O/c1-15-4-5-22-20(12-15)24-18-11-16(2)10-17(13-18)19-14-23-21(27-19)26-8-6-25(3)7-9-26/h4-5,10-14H,6-9H2,1-3H3,(H,22,24). The van der Waals surface area contributed by atoms with Crippen LogP contribution < -0.4 is 10.2 Å². The molecule has 3 aromatic rings. The lowest BCUT2D eigenvalue weighted by Crippen LogP contribution is -2.44. The van der Waals surface area contributed by atoms with Crippen LogP contribution in [0, 0.1) is 13.8 Å². The van der Waals surface area contributed by atoms with Crippen LogP contribution in [0.5, 0.6) is 0 Å². The van der Waals surface area contributed by atoms with Gasteiger partial charge in [0.05, 0.1) is 6.20 Å². The molecule has 0 atom stereocenters. The maximum Gasteiger partial charge on any atom is 0.297 e. The fourth-order valence-electron chi connectivity index (χ4n) is 3.29. The van der Waals surface area contributed by atoms with Gasteiger partial charge in [-0.3, -0.25) is 0 Å². The summed E-state index contributed by atoms with van der Waals surface area (Å²) in [6, 6.07) is 11.0. The largest absolute Gasteiger partial charge is 0.423 e. The van der Waals surface area contributed by atoms with Crippen molar-refractivity contribution in [1.29, 1.82) is 0 Å². The zero-order valence-electron chi connectivity index (χ0n) is 16.1. The smallest absolute Gasteiger partial charge is 0.297 e. The number of anilines is 3. The van der Waals surface area contributed by atoms with E-state index >= 15 is 0 Å². The first-order valence-corrected chi connectivity index (χ1v) is 9.28. The van der Waals surface area contributed by atoms with Crippen molar-refractivity contribution >= 4 is 17.5 Å². The summed E-state index contributed by atoms with van der Waals surface area (Å²) in [5.41, 5.74) is 4.33. The van der Waals surface area contributed by atoms with E-state index in [0.29, 0.717) is 6.01 Å². The van der Waals surface area contributed by atoms with Gasteiger partial charge in [-0.25, -0.2) is 9.97 Å². The van der Waals surface area contributed by atoms with Crippen LogP contribution in [0.1, 0.15) is 11.1 Å². The van der Waals surface area contributed by atoms with E-state index in [-0.39, 0.29) is 0 Å². The first kappa shape index (κ1) is 17.5. The van der Waals surface area contributed by atoms with Gasteiger partial charge in [0, 0.05) is 43.6 Å². The van der Waals surface area contributed by atoms with Crippen molar-refractivity contribution in [2.24, 2.45) is 0 Å². The van der Waals surface area contributed by atoms with Crippen molar-refractivity contribution in [3.63, 3.8) is 0 Å². The number of nitrogens with zero attached hydrogens (tertiary/aromatic N) is 4. The van der Waals surface area contributed by atoms with Crippen LogP contribution in [-0.2, 0) is 0 Å². The minimum Gasteiger partial charge on any atom is -0.423 e. The zero-order valence-corrected chi connectivity index (χ0v) is 16.1. The van der Waals surface area contributed by atoms with Crippen molar-refractivity contribution in [1.82, 2.24) is 14.9 Å². The summed E-state index contributed by atoms with van der Waals surface area (Å²) in [4.78, 5) is 13.4. The molecule has 0 spiro atoms. The lowest BCUT2D eigenvalue weighted by Gasteiger charge is -2.31. The highest BCUT2D eigenvalue weighted by molar-refractivity contribution is 5.68. The highest BCUT2D eigenvalue weighted by atomic mass is 16.4. The number of hydrogen-bond donors (Lipinski definition) is 1. The Morgan fingerprint density at radius 2 is 1.78 bits per heavy atom. The van der Waals surface area contributed by atoms with Crippen LogP contribution in [0.4, 0.5) is 17.5 Å². The predicted octanol–water partition coefficient (Wildman–Crippen LogP) is 3.85. The molecule has 27 heavy (non-hydrogen) atoms. The van der Waals surface area contributed by atoms with Crippen molar-refractivity contribution in [3.8, 4) is 11.3 Å². The number of piperazine rings is 1. The Balaban J connectivity index is 1.56. The Hall–Kier alpha value is -2.86. The monoisotopic (exact) mass is 363 g/mol. The van der Waals surface area contributed by atoms with Gasteiger partial charge >= 0.3 is 0 Å². The van der Waals surface area contributed by atoms with E-state index in [4.69, 9.17) is 4.42 Å². The number of aromatic nitrogens is 2. The second-order valence-corrected chi connectivity index (χ2v) is 7.23. The zero-order chi connectivity index (χ0) is 18.8. The summed E-state index contributed by atoms with van der Waals surface area (Å²) < 4.78 is 6.08. The van der Waals surface area contributed by atoms with Gasteiger partial charge in [0.15, 0.2) is 5.76 Å². The summed E-state index contributed by atoms with van der Waals surface area (Å²) >= 11 is 0. The quantitative estimate of drug-likeness (QED) is 0.760. The molecular weight excluding hydrogens is 338 g/mol. The van der Waals surface area contributed by atoms with Crippen molar-refractivity contribution in [3.05, 3.63) is 53.9 Å². The van der Waals surface area contributed by atoms with Crippen LogP contribution in [-0.4, -0.2) is 48.1 Å². The molecule has 6 heteroatoms. The molecular formula is C21H25N5O. The SMILES string of the molecule is Cc1cc(Nc2cc(C)ccn2)cc(-c2cnc(N3CCN(C)CC3)o2)c1. The van der Waals surface area contributed by atoms with Gasteiger partial charge in [0.2, 0.25) is 0 Å². The molecule has 1 saturated heterocycles. The summed E-state index contributed by atoms with van der Waals surface area (Å²) in [6.07, 6.45) is 3.63. The topological polar surface area (TPSA) is 57.4 Å². The first-order valence-electron chi connectivity index (χ1n) is 9.28. The second-order valence-electron chi connectivity index (χ2n) is 7.23. The molecule has 1 aliphatic heterocycles. The second kappa shape index (κ2) is 7.40. The summed E-state index contributed by atoms with van der Waals surface area (Å²) in [6.45, 7) is 8.07. The van der Waals surface area contributed by atoms with E-state index in [1.165, 1.54) is 5.56 Å². The fraction of sp³-hybridized carbons (Fsp3) is 0.333. The van der Waals surface area contributed by atoms with Gasteiger partial charge in [-0.1, -0.05) is 0 Å². The third-order valence-electron chi connectivity index (χ3n) is 4.82. The third kappa shape index (κ3) is 4.11.